The van der Waals surface area contributed by atoms with Crippen LogP contribution >= 0.6 is 23.2 Å². The average molecular weight is 734 g/mol. The average Bonchev–Trinajstić information content (AvgIpc) is 3.78. The van der Waals surface area contributed by atoms with Crippen molar-refractivity contribution < 1.29 is 19.1 Å². The molecule has 4 aromatic rings. The van der Waals surface area contributed by atoms with Crippen molar-refractivity contribution in [1.82, 2.24) is 30.2 Å². The summed E-state index contributed by atoms with van der Waals surface area (Å²) in [5, 5.41) is 3.87. The van der Waals surface area contributed by atoms with Crippen LogP contribution in [0.3, 0.4) is 0 Å². The second kappa shape index (κ2) is 13.2. The number of fused-ring (bicyclic) bond motifs is 1. The number of piperidine rings is 1. The van der Waals surface area contributed by atoms with Crippen LogP contribution in [0.4, 0.5) is 9.59 Å². The molecule has 6 atom stereocenters. The number of alkyl carbamates (subject to hydrolysis) is 1. The van der Waals surface area contributed by atoms with E-state index in [0.29, 0.717) is 51.1 Å². The number of halogens is 2. The smallest absolute Gasteiger partial charge is 0.411 e. The van der Waals surface area contributed by atoms with Gasteiger partial charge >= 0.3 is 12.2 Å². The van der Waals surface area contributed by atoms with Crippen LogP contribution in [-0.2, 0) is 9.47 Å². The molecule has 270 valence electrons. The summed E-state index contributed by atoms with van der Waals surface area (Å²) in [5.41, 5.74) is 3.89. The van der Waals surface area contributed by atoms with E-state index in [1.54, 1.807) is 0 Å². The molecular weight excluding hydrogens is 687 g/mol. The van der Waals surface area contributed by atoms with Crippen molar-refractivity contribution in [2.24, 2.45) is 17.8 Å². The van der Waals surface area contributed by atoms with Gasteiger partial charge in [-0.1, -0.05) is 78.7 Å². The first kappa shape index (κ1) is 35.4. The van der Waals surface area contributed by atoms with Gasteiger partial charge in [-0.05, 0) is 96.1 Å². The van der Waals surface area contributed by atoms with Gasteiger partial charge in [-0.2, -0.15) is 0 Å². The maximum absolute atomic E-state index is 13.1. The summed E-state index contributed by atoms with van der Waals surface area (Å²) < 4.78 is 11.3. The number of hydrogen-bond acceptors (Lipinski definition) is 6. The summed E-state index contributed by atoms with van der Waals surface area (Å²) in [6.45, 7) is 13.4. The number of rotatable bonds is 8. The number of nitrogens with zero attached hydrogens (tertiary/aromatic N) is 3. The van der Waals surface area contributed by atoms with Gasteiger partial charge in [0.05, 0.1) is 12.1 Å². The van der Waals surface area contributed by atoms with Crippen molar-refractivity contribution in [2.75, 3.05) is 0 Å². The molecule has 0 spiro atoms. The predicted octanol–water partition coefficient (Wildman–Crippen LogP) is 10.1. The van der Waals surface area contributed by atoms with Gasteiger partial charge in [-0.15, -0.1) is 0 Å². The number of nitrogens with one attached hydrogen (secondary N) is 3. The Balaban J connectivity index is 1.05. The summed E-state index contributed by atoms with van der Waals surface area (Å²) in [4.78, 5) is 43.8. The molecule has 10 nitrogen and oxygen atoms in total. The fourth-order valence-corrected chi connectivity index (χ4v) is 7.58. The number of carbonyl (C=O) groups excluding carboxylic acids is 2. The van der Waals surface area contributed by atoms with Crippen molar-refractivity contribution in [3.8, 4) is 33.6 Å². The normalized spacial score (nSPS) is 23.1. The Hall–Kier alpha value is -4.02. The van der Waals surface area contributed by atoms with Crippen LogP contribution in [0, 0.1) is 17.8 Å². The number of benzene rings is 2. The van der Waals surface area contributed by atoms with Crippen LogP contribution in [0.1, 0.15) is 97.9 Å². The number of imidazole rings is 2. The molecule has 2 aromatic carbocycles. The van der Waals surface area contributed by atoms with Gasteiger partial charge in [0.1, 0.15) is 44.5 Å². The molecule has 12 heteroatoms. The zero-order chi connectivity index (χ0) is 36.4. The third-order valence-corrected chi connectivity index (χ3v) is 10.4. The molecule has 3 fully saturated rings. The Bertz CT molecular complexity index is 1920. The van der Waals surface area contributed by atoms with Gasteiger partial charge in [0.25, 0.3) is 0 Å². The number of ether oxygens (including phenoxy) is 2. The largest absolute Gasteiger partial charge is 0.444 e. The number of likely N-dealkylation sites (tertiary alicyclic amines) is 1. The van der Waals surface area contributed by atoms with E-state index < -0.39 is 17.3 Å². The molecule has 1 saturated heterocycles. The minimum atomic E-state index is -0.604. The number of aromatic amines is 2. The summed E-state index contributed by atoms with van der Waals surface area (Å²) in [5.74, 6) is 2.90. The highest BCUT2D eigenvalue weighted by molar-refractivity contribution is 6.32. The van der Waals surface area contributed by atoms with E-state index in [4.69, 9.17) is 42.6 Å². The lowest BCUT2D eigenvalue weighted by molar-refractivity contribution is 0.0174. The fraction of sp³-hybridized carbons (Fsp3) is 0.487. The van der Waals surface area contributed by atoms with Crippen molar-refractivity contribution in [2.45, 2.75) is 103 Å². The second-order valence-electron chi connectivity index (χ2n) is 16.3. The highest BCUT2D eigenvalue weighted by Gasteiger charge is 2.56. The maximum atomic E-state index is 13.1. The Labute approximate surface area is 309 Å². The Kier molecular flexibility index (Phi) is 9.15. The quantitative estimate of drug-likeness (QED) is 0.166. The fourth-order valence-electron chi connectivity index (χ4n) is 7.08. The van der Waals surface area contributed by atoms with E-state index in [-0.39, 0.29) is 24.2 Å². The Morgan fingerprint density at radius 3 is 1.90 bits per heavy atom. The lowest BCUT2D eigenvalue weighted by atomic mass is 10.0. The zero-order valence-electron chi connectivity index (χ0n) is 30.1. The summed E-state index contributed by atoms with van der Waals surface area (Å²) >= 11 is 13.4. The third kappa shape index (κ3) is 7.92. The first-order valence-corrected chi connectivity index (χ1v) is 18.5. The predicted molar refractivity (Wildman–Crippen MR) is 198 cm³/mol. The van der Waals surface area contributed by atoms with Crippen molar-refractivity contribution >= 4 is 35.4 Å². The number of amides is 2. The molecule has 2 aliphatic carbocycles. The number of hydrogen-bond donors (Lipinski definition) is 3. The molecule has 2 aromatic heterocycles. The van der Waals surface area contributed by atoms with E-state index in [1.807, 2.05) is 95.0 Å². The van der Waals surface area contributed by atoms with Crippen LogP contribution in [-0.4, -0.2) is 54.3 Å². The van der Waals surface area contributed by atoms with E-state index >= 15 is 0 Å². The molecule has 2 amide bonds. The first-order chi connectivity index (χ1) is 24.0. The van der Waals surface area contributed by atoms with Gasteiger partial charge in [0, 0.05) is 17.2 Å². The molecule has 3 heterocycles. The SMILES string of the molecule is CC1C[C@H]1C[C@H](NC(=O)OC(C)(C)C)c1nc(-c2ccc(-c3ccc(-c4nc([C@@H]5CC6C[C@H]6N5C(=O)OC(C)(C)C)[nH]c4Cl)cc3)cc2)c(Cl)[nH]1. The number of carbonyl (C=O) groups is 2. The van der Waals surface area contributed by atoms with E-state index in [1.165, 1.54) is 0 Å². The maximum Gasteiger partial charge on any atom is 0.411 e. The number of aromatic nitrogens is 4. The molecule has 2 saturated carbocycles. The summed E-state index contributed by atoms with van der Waals surface area (Å²) in [6, 6.07) is 15.8. The standard InChI is InChI=1S/C39H46Cl2N6O4/c1-20-16-25(20)17-27(42-36(48)50-38(2,3)4)34-43-30(32(40)45-34)23-12-8-21(9-13-23)22-10-14-24(15-11-22)31-33(41)46-35(44-31)29-19-26-18-28(26)47(29)37(49)51-39(5,6)7/h8-15,20,25-29H,16-19H2,1-7H3,(H,42,48)(H,43,45)(H,44,46)/t20?,25-,26?,27-,28+,29-/m0/s1. The Morgan fingerprint density at radius 1 is 0.824 bits per heavy atom. The van der Waals surface area contributed by atoms with Gasteiger partial charge in [0.15, 0.2) is 0 Å². The van der Waals surface area contributed by atoms with Crippen LogP contribution in [0.25, 0.3) is 33.6 Å². The molecule has 0 bridgehead atoms. The second-order valence-corrected chi connectivity index (χ2v) is 17.1. The minimum Gasteiger partial charge on any atom is -0.444 e. The van der Waals surface area contributed by atoms with Crippen LogP contribution in [0.15, 0.2) is 48.5 Å². The van der Waals surface area contributed by atoms with Gasteiger partial charge in [-0.25, -0.2) is 19.6 Å². The molecule has 3 N–H and O–H groups in total. The van der Waals surface area contributed by atoms with Crippen LogP contribution in [0.2, 0.25) is 10.3 Å². The van der Waals surface area contributed by atoms with Gasteiger partial charge in [-0.3, -0.25) is 4.90 Å². The first-order valence-electron chi connectivity index (χ1n) is 17.8. The third-order valence-electron chi connectivity index (χ3n) is 9.87. The highest BCUT2D eigenvalue weighted by Crippen LogP contribution is 2.54. The molecule has 2 unspecified atom stereocenters. The van der Waals surface area contributed by atoms with Crippen molar-refractivity contribution in [3.63, 3.8) is 0 Å². The molecular formula is C39H46Cl2N6O4. The Morgan fingerprint density at radius 2 is 1.35 bits per heavy atom. The van der Waals surface area contributed by atoms with Gasteiger partial charge in [0.2, 0.25) is 0 Å². The molecule has 7 rings (SSSR count). The van der Waals surface area contributed by atoms with Crippen LogP contribution < -0.4 is 5.32 Å². The van der Waals surface area contributed by atoms with Gasteiger partial charge < -0.3 is 24.8 Å². The summed E-state index contributed by atoms with van der Waals surface area (Å²) in [7, 11) is 0. The monoisotopic (exact) mass is 732 g/mol. The molecule has 3 aliphatic rings. The topological polar surface area (TPSA) is 125 Å². The van der Waals surface area contributed by atoms with Crippen LogP contribution in [0.5, 0.6) is 0 Å². The summed E-state index contributed by atoms with van der Waals surface area (Å²) in [6.07, 6.45) is 2.95. The van der Waals surface area contributed by atoms with E-state index in [9.17, 15) is 9.59 Å². The molecule has 51 heavy (non-hydrogen) atoms. The number of H-pyrrole nitrogens is 2. The highest BCUT2D eigenvalue weighted by atomic mass is 35.5. The molecule has 1 aliphatic heterocycles. The van der Waals surface area contributed by atoms with Crippen molar-refractivity contribution in [1.29, 1.82) is 0 Å². The lowest BCUT2D eigenvalue weighted by Gasteiger charge is -2.29. The van der Waals surface area contributed by atoms with Crippen molar-refractivity contribution in [3.05, 3.63) is 70.5 Å². The molecule has 0 radical (unpaired) electrons. The lowest BCUT2D eigenvalue weighted by Crippen LogP contribution is -2.38. The van der Waals surface area contributed by atoms with E-state index in [2.05, 4.69) is 22.2 Å². The van der Waals surface area contributed by atoms with E-state index in [0.717, 1.165) is 47.9 Å². The zero-order valence-corrected chi connectivity index (χ0v) is 31.7. The minimum absolute atomic E-state index is 0.194.